The van der Waals surface area contributed by atoms with Crippen LogP contribution >= 0.6 is 11.3 Å². The van der Waals surface area contributed by atoms with Crippen LogP contribution in [0.1, 0.15) is 31.1 Å². The second kappa shape index (κ2) is 7.00. The summed E-state index contributed by atoms with van der Waals surface area (Å²) >= 11 is 1.30. The van der Waals surface area contributed by atoms with Gasteiger partial charge in [-0.05, 0) is 24.8 Å². The van der Waals surface area contributed by atoms with Crippen molar-refractivity contribution >= 4 is 17.3 Å². The Kier molecular flexibility index (Phi) is 4.71. The summed E-state index contributed by atoms with van der Waals surface area (Å²) in [6.07, 6.45) is 2.59. The maximum atomic E-state index is 12.7. The lowest BCUT2D eigenvalue weighted by molar-refractivity contribution is -0.142. The number of cyclic esters (lactones) is 1. The van der Waals surface area contributed by atoms with Crippen LogP contribution in [-0.4, -0.2) is 29.9 Å². The average Bonchev–Trinajstić information content (AvgIpc) is 3.13. The van der Waals surface area contributed by atoms with Gasteiger partial charge >= 0.3 is 10.8 Å². The molecule has 6 heteroatoms. The largest absolute Gasteiger partial charge is 0.460 e. The van der Waals surface area contributed by atoms with E-state index in [9.17, 15) is 9.59 Å². The Hall–Kier alpha value is -1.92. The zero-order valence-corrected chi connectivity index (χ0v) is 15.7. The molecule has 0 radical (unpaired) electrons. The number of ether oxygens (including phenoxy) is 2. The number of carbonyl (C=O) groups is 1. The second-order valence-electron chi connectivity index (χ2n) is 7.10. The van der Waals surface area contributed by atoms with E-state index in [0.29, 0.717) is 26.2 Å². The van der Waals surface area contributed by atoms with Gasteiger partial charge < -0.3 is 9.47 Å². The van der Waals surface area contributed by atoms with E-state index in [4.69, 9.17) is 9.47 Å². The molecule has 5 nitrogen and oxygen atoms in total. The summed E-state index contributed by atoms with van der Waals surface area (Å²) in [5.41, 5.74) is 1.80. The Balaban J connectivity index is 1.73. The molecule has 0 amide bonds. The summed E-state index contributed by atoms with van der Waals surface area (Å²) in [6.45, 7) is 3.79. The molecular weight excluding hydrogens is 350 g/mol. The number of hydrogen-bond acceptors (Lipinski definition) is 5. The zero-order chi connectivity index (χ0) is 18.1. The number of rotatable bonds is 4. The Morgan fingerprint density at radius 2 is 1.92 bits per heavy atom. The van der Waals surface area contributed by atoms with Gasteiger partial charge in [-0.15, -0.1) is 0 Å². The average molecular weight is 373 g/mol. The molecule has 2 aliphatic rings. The van der Waals surface area contributed by atoms with Crippen LogP contribution in [0.4, 0.5) is 0 Å². The minimum absolute atomic E-state index is 0.0193. The Labute approximate surface area is 156 Å². The predicted octanol–water partition coefficient (Wildman–Crippen LogP) is 3.25. The Bertz CT molecular complexity index is 848. The van der Waals surface area contributed by atoms with Crippen molar-refractivity contribution in [2.45, 2.75) is 45.3 Å². The van der Waals surface area contributed by atoms with Gasteiger partial charge in [-0.2, -0.15) is 0 Å². The molecular formula is C20H23NO4S. The molecule has 1 aromatic heterocycles. The van der Waals surface area contributed by atoms with Gasteiger partial charge in [0.25, 0.3) is 0 Å². The lowest BCUT2D eigenvalue weighted by Crippen LogP contribution is -2.40. The fourth-order valence-corrected chi connectivity index (χ4v) is 5.12. The van der Waals surface area contributed by atoms with Crippen LogP contribution in [-0.2, 0) is 27.2 Å². The van der Waals surface area contributed by atoms with Crippen LogP contribution in [0, 0.1) is 5.41 Å². The molecule has 138 valence electrons. The minimum atomic E-state index is -0.265. The fourth-order valence-electron chi connectivity index (χ4n) is 4.17. The van der Waals surface area contributed by atoms with E-state index in [0.717, 1.165) is 35.4 Å². The monoisotopic (exact) mass is 373 g/mol. The Morgan fingerprint density at radius 1 is 1.19 bits per heavy atom. The highest BCUT2D eigenvalue weighted by Gasteiger charge is 2.50. The fraction of sp³-hybridized carbons (Fsp3) is 0.500. The SMILES string of the molecule is CCc1sc(=O)n(CC2OC(=O)CC23CCOCC3)c1-c1ccccc1. The molecule has 2 aliphatic heterocycles. The topological polar surface area (TPSA) is 57.5 Å². The summed E-state index contributed by atoms with van der Waals surface area (Å²) in [4.78, 5) is 25.9. The van der Waals surface area contributed by atoms with Gasteiger partial charge in [0.2, 0.25) is 0 Å². The highest BCUT2D eigenvalue weighted by molar-refractivity contribution is 7.09. The first kappa shape index (κ1) is 17.5. The van der Waals surface area contributed by atoms with Gasteiger partial charge in [-0.1, -0.05) is 48.6 Å². The predicted molar refractivity (Wildman–Crippen MR) is 100 cm³/mol. The molecule has 1 spiro atoms. The standard InChI is InChI=1S/C20H23NO4S/c1-2-15-18(14-6-4-3-5-7-14)21(19(23)26-15)13-16-20(12-17(22)25-16)8-10-24-11-9-20/h3-7,16H,2,8-13H2,1H3. The van der Waals surface area contributed by atoms with E-state index >= 15 is 0 Å². The number of hydrogen-bond donors (Lipinski definition) is 0. The molecule has 0 saturated carbocycles. The van der Waals surface area contributed by atoms with Crippen LogP contribution in [0.15, 0.2) is 35.1 Å². The van der Waals surface area contributed by atoms with Gasteiger partial charge in [0.15, 0.2) is 0 Å². The van der Waals surface area contributed by atoms with Crippen LogP contribution in [0.3, 0.4) is 0 Å². The molecule has 2 aromatic rings. The maximum Gasteiger partial charge on any atom is 0.307 e. The number of nitrogens with zero attached hydrogens (tertiary/aromatic N) is 1. The molecule has 26 heavy (non-hydrogen) atoms. The molecule has 1 unspecified atom stereocenters. The van der Waals surface area contributed by atoms with E-state index in [1.807, 2.05) is 34.9 Å². The van der Waals surface area contributed by atoms with Gasteiger partial charge in [0.1, 0.15) is 6.10 Å². The number of thiazole rings is 1. The second-order valence-corrected chi connectivity index (χ2v) is 8.15. The van der Waals surface area contributed by atoms with Crippen molar-refractivity contribution in [1.82, 2.24) is 4.57 Å². The van der Waals surface area contributed by atoms with E-state index in [-0.39, 0.29) is 22.4 Å². The minimum Gasteiger partial charge on any atom is -0.460 e. The van der Waals surface area contributed by atoms with Crippen LogP contribution < -0.4 is 4.87 Å². The normalized spacial score (nSPS) is 21.9. The third-order valence-corrected chi connectivity index (χ3v) is 6.75. The Morgan fingerprint density at radius 3 is 2.62 bits per heavy atom. The third-order valence-electron chi connectivity index (χ3n) is 5.62. The van der Waals surface area contributed by atoms with Crippen molar-refractivity contribution in [2.75, 3.05) is 13.2 Å². The molecule has 1 atom stereocenters. The molecule has 4 rings (SSSR count). The summed E-state index contributed by atoms with van der Waals surface area (Å²) in [7, 11) is 0. The summed E-state index contributed by atoms with van der Waals surface area (Å²) in [5, 5.41) is 0. The number of carbonyl (C=O) groups excluding carboxylic acids is 1. The first-order valence-corrected chi connectivity index (χ1v) is 10.00. The van der Waals surface area contributed by atoms with E-state index < -0.39 is 0 Å². The molecule has 0 N–H and O–H groups in total. The van der Waals surface area contributed by atoms with Crippen molar-refractivity contribution in [2.24, 2.45) is 5.41 Å². The summed E-state index contributed by atoms with van der Waals surface area (Å²) < 4.78 is 13.0. The first-order valence-electron chi connectivity index (χ1n) is 9.18. The van der Waals surface area contributed by atoms with Gasteiger partial charge in [0, 0.05) is 23.5 Å². The lowest BCUT2D eigenvalue weighted by atomic mass is 9.74. The van der Waals surface area contributed by atoms with Crippen LogP contribution in [0.2, 0.25) is 0 Å². The zero-order valence-electron chi connectivity index (χ0n) is 14.9. The number of aryl methyl sites for hydroxylation is 1. The third kappa shape index (κ3) is 3.01. The smallest absolute Gasteiger partial charge is 0.307 e. The van der Waals surface area contributed by atoms with E-state index in [2.05, 4.69) is 6.92 Å². The molecule has 0 aliphatic carbocycles. The van der Waals surface area contributed by atoms with Crippen molar-refractivity contribution < 1.29 is 14.3 Å². The van der Waals surface area contributed by atoms with Crippen molar-refractivity contribution in [3.05, 3.63) is 44.9 Å². The molecule has 2 fully saturated rings. The molecule has 3 heterocycles. The van der Waals surface area contributed by atoms with Gasteiger partial charge in [-0.25, -0.2) is 0 Å². The number of aromatic nitrogens is 1. The van der Waals surface area contributed by atoms with Gasteiger partial charge in [0.05, 0.1) is 18.7 Å². The highest BCUT2D eigenvalue weighted by atomic mass is 32.1. The van der Waals surface area contributed by atoms with Crippen LogP contribution in [0.25, 0.3) is 11.3 Å². The lowest BCUT2D eigenvalue weighted by Gasteiger charge is -2.36. The van der Waals surface area contributed by atoms with Crippen molar-refractivity contribution in [3.8, 4) is 11.3 Å². The van der Waals surface area contributed by atoms with E-state index in [1.165, 1.54) is 11.3 Å². The molecule has 1 aromatic carbocycles. The number of esters is 1. The quantitative estimate of drug-likeness (QED) is 0.772. The number of benzene rings is 1. The maximum absolute atomic E-state index is 12.7. The first-order chi connectivity index (χ1) is 12.6. The van der Waals surface area contributed by atoms with Crippen molar-refractivity contribution in [3.63, 3.8) is 0 Å². The van der Waals surface area contributed by atoms with Gasteiger partial charge in [-0.3, -0.25) is 14.2 Å². The summed E-state index contributed by atoms with van der Waals surface area (Å²) in [5.74, 6) is -0.155. The molecule has 2 saturated heterocycles. The molecule has 0 bridgehead atoms. The van der Waals surface area contributed by atoms with E-state index in [1.54, 1.807) is 0 Å². The highest BCUT2D eigenvalue weighted by Crippen LogP contribution is 2.45. The van der Waals surface area contributed by atoms with Crippen LogP contribution in [0.5, 0.6) is 0 Å². The summed E-state index contributed by atoms with van der Waals surface area (Å²) in [6, 6.07) is 10.00. The van der Waals surface area contributed by atoms with Crippen molar-refractivity contribution in [1.29, 1.82) is 0 Å².